The molecule has 0 amide bonds. The zero-order chi connectivity index (χ0) is 17.2. The molecule has 0 saturated heterocycles. The van der Waals surface area contributed by atoms with Crippen LogP contribution >= 0.6 is 0 Å². The second-order valence-electron chi connectivity index (χ2n) is 6.75. The van der Waals surface area contributed by atoms with Crippen LogP contribution < -0.4 is 0 Å². The molecule has 0 saturated carbocycles. The molecule has 1 radical (unpaired) electrons. The van der Waals surface area contributed by atoms with Crippen molar-refractivity contribution < 1.29 is 14.7 Å². The van der Waals surface area contributed by atoms with Crippen molar-refractivity contribution in [3.63, 3.8) is 0 Å². The summed E-state index contributed by atoms with van der Waals surface area (Å²) in [5.41, 5.74) is 0. The molecule has 3 nitrogen and oxygen atoms in total. The fourth-order valence-corrected chi connectivity index (χ4v) is 2.95. The summed E-state index contributed by atoms with van der Waals surface area (Å²) in [6.45, 7) is 2.26. The molecule has 0 aromatic heterocycles. The van der Waals surface area contributed by atoms with Gasteiger partial charge in [-0.3, -0.25) is 9.59 Å². The molecule has 0 bridgehead atoms. The van der Waals surface area contributed by atoms with Gasteiger partial charge in [0.1, 0.15) is 5.92 Å². The van der Waals surface area contributed by atoms with Gasteiger partial charge in [0.25, 0.3) is 0 Å². The van der Waals surface area contributed by atoms with E-state index in [0.29, 0.717) is 6.42 Å². The predicted octanol–water partition coefficient (Wildman–Crippen LogP) is 6.06. The van der Waals surface area contributed by atoms with E-state index in [1.54, 1.807) is 6.29 Å². The highest BCUT2D eigenvalue weighted by molar-refractivity contribution is 5.86. The van der Waals surface area contributed by atoms with Crippen molar-refractivity contribution in [1.82, 2.24) is 0 Å². The van der Waals surface area contributed by atoms with Crippen LogP contribution in [0.1, 0.15) is 110 Å². The molecule has 0 aromatic carbocycles. The highest BCUT2D eigenvalue weighted by atomic mass is 16.4. The molecule has 0 spiro atoms. The molecule has 0 aliphatic heterocycles. The van der Waals surface area contributed by atoms with Gasteiger partial charge in [0.05, 0.1) is 0 Å². The average molecular weight is 326 g/mol. The molecular weight excluding hydrogens is 288 g/mol. The summed E-state index contributed by atoms with van der Waals surface area (Å²) in [5, 5.41) is 8.73. The molecule has 1 atom stereocenters. The van der Waals surface area contributed by atoms with Crippen LogP contribution in [0.25, 0.3) is 0 Å². The lowest BCUT2D eigenvalue weighted by atomic mass is 10.0. The fourth-order valence-electron chi connectivity index (χ4n) is 2.95. The molecular formula is C20H37O3. The summed E-state index contributed by atoms with van der Waals surface area (Å²) in [6.07, 6.45) is 21.4. The van der Waals surface area contributed by atoms with E-state index in [1.807, 2.05) is 0 Å². The van der Waals surface area contributed by atoms with Crippen LogP contribution in [0.4, 0.5) is 0 Å². The number of carbonyl (C=O) groups excluding carboxylic acids is 1. The lowest BCUT2D eigenvalue weighted by Gasteiger charge is -2.05. The van der Waals surface area contributed by atoms with Crippen molar-refractivity contribution in [3.05, 3.63) is 0 Å². The van der Waals surface area contributed by atoms with E-state index in [2.05, 4.69) is 6.92 Å². The van der Waals surface area contributed by atoms with Crippen LogP contribution in [0.3, 0.4) is 0 Å². The summed E-state index contributed by atoms with van der Waals surface area (Å²) < 4.78 is 0. The SMILES string of the molecule is CCCCCCCCCCCCCCCCCC([C]=O)C(=O)O. The minimum Gasteiger partial charge on any atom is -0.481 e. The third-order valence-corrected chi connectivity index (χ3v) is 4.54. The van der Waals surface area contributed by atoms with Gasteiger partial charge >= 0.3 is 5.97 Å². The van der Waals surface area contributed by atoms with E-state index in [0.717, 1.165) is 19.3 Å². The first kappa shape index (κ1) is 22.1. The Kier molecular flexibility index (Phi) is 16.8. The summed E-state index contributed by atoms with van der Waals surface area (Å²) >= 11 is 0. The molecule has 0 heterocycles. The van der Waals surface area contributed by atoms with Gasteiger partial charge in [0.15, 0.2) is 0 Å². The first-order valence-electron chi connectivity index (χ1n) is 9.82. The maximum atomic E-state index is 10.6. The van der Waals surface area contributed by atoms with E-state index in [4.69, 9.17) is 5.11 Å². The number of unbranched alkanes of at least 4 members (excludes halogenated alkanes) is 14. The van der Waals surface area contributed by atoms with E-state index < -0.39 is 11.9 Å². The van der Waals surface area contributed by atoms with Crippen LogP contribution in [0.15, 0.2) is 0 Å². The second-order valence-corrected chi connectivity index (χ2v) is 6.75. The Balaban J connectivity index is 3.13. The normalized spacial score (nSPS) is 12.2. The Morgan fingerprint density at radius 1 is 0.739 bits per heavy atom. The van der Waals surface area contributed by atoms with Crippen molar-refractivity contribution in [2.75, 3.05) is 0 Å². The van der Waals surface area contributed by atoms with Crippen molar-refractivity contribution in [2.24, 2.45) is 5.92 Å². The van der Waals surface area contributed by atoms with Crippen LogP contribution in [-0.4, -0.2) is 17.4 Å². The Morgan fingerprint density at radius 3 is 1.39 bits per heavy atom. The number of carboxylic acid groups (broad SMARTS) is 1. The molecule has 135 valence electrons. The van der Waals surface area contributed by atoms with Crippen molar-refractivity contribution in [1.29, 1.82) is 0 Å². The zero-order valence-electron chi connectivity index (χ0n) is 15.2. The maximum Gasteiger partial charge on any atom is 0.314 e. The van der Waals surface area contributed by atoms with Crippen LogP contribution in [-0.2, 0) is 9.59 Å². The quantitative estimate of drug-likeness (QED) is 0.246. The Bertz CT molecular complexity index is 276. The summed E-state index contributed by atoms with van der Waals surface area (Å²) in [5.74, 6) is -1.96. The van der Waals surface area contributed by atoms with Crippen molar-refractivity contribution >= 4 is 12.3 Å². The number of aliphatic carboxylic acids is 1. The molecule has 3 heteroatoms. The largest absolute Gasteiger partial charge is 0.481 e. The summed E-state index contributed by atoms with van der Waals surface area (Å²) in [7, 11) is 0. The van der Waals surface area contributed by atoms with Gasteiger partial charge in [-0.2, -0.15) is 0 Å². The highest BCUT2D eigenvalue weighted by Gasteiger charge is 2.16. The third-order valence-electron chi connectivity index (χ3n) is 4.54. The molecule has 1 N–H and O–H groups in total. The number of hydrogen-bond acceptors (Lipinski definition) is 2. The first-order valence-corrected chi connectivity index (χ1v) is 9.82. The number of carboxylic acids is 1. The second kappa shape index (κ2) is 17.5. The summed E-state index contributed by atoms with van der Waals surface area (Å²) in [6, 6.07) is 0. The summed E-state index contributed by atoms with van der Waals surface area (Å²) in [4.78, 5) is 21.1. The van der Waals surface area contributed by atoms with E-state index in [-0.39, 0.29) is 0 Å². The van der Waals surface area contributed by atoms with Gasteiger partial charge in [-0.05, 0) is 6.42 Å². The minimum absolute atomic E-state index is 0.442. The standard InChI is InChI=1S/C20H37O3/c1-2-3-4-5-6-7-8-9-10-11-12-13-14-15-16-17-19(18-21)20(22)23/h19H,2-17H2,1H3,(H,22,23). The molecule has 0 aliphatic rings. The molecule has 0 fully saturated rings. The van der Waals surface area contributed by atoms with Crippen LogP contribution in [0, 0.1) is 5.92 Å². The number of rotatable bonds is 18. The third kappa shape index (κ3) is 15.8. The van der Waals surface area contributed by atoms with Gasteiger partial charge in [0, 0.05) is 0 Å². The number of carbonyl (C=O) groups is 1. The van der Waals surface area contributed by atoms with Gasteiger partial charge in [0.2, 0.25) is 6.29 Å². The molecule has 0 aromatic rings. The smallest absolute Gasteiger partial charge is 0.314 e. The van der Waals surface area contributed by atoms with Crippen molar-refractivity contribution in [2.45, 2.75) is 110 Å². The molecule has 23 heavy (non-hydrogen) atoms. The Morgan fingerprint density at radius 2 is 1.09 bits per heavy atom. The predicted molar refractivity (Wildman–Crippen MR) is 96.4 cm³/mol. The maximum absolute atomic E-state index is 10.6. The molecule has 1 unspecified atom stereocenters. The van der Waals surface area contributed by atoms with Gasteiger partial charge in [-0.15, -0.1) is 0 Å². The van der Waals surface area contributed by atoms with E-state index in [9.17, 15) is 9.59 Å². The topological polar surface area (TPSA) is 54.4 Å². The number of hydrogen-bond donors (Lipinski definition) is 1. The molecule has 0 aliphatic carbocycles. The monoisotopic (exact) mass is 325 g/mol. The van der Waals surface area contributed by atoms with Gasteiger partial charge in [-0.1, -0.05) is 103 Å². The Labute approximate surface area is 143 Å². The molecule has 0 rings (SSSR count). The van der Waals surface area contributed by atoms with Gasteiger partial charge < -0.3 is 5.11 Å². The van der Waals surface area contributed by atoms with E-state index >= 15 is 0 Å². The lowest BCUT2D eigenvalue weighted by Crippen LogP contribution is -2.14. The highest BCUT2D eigenvalue weighted by Crippen LogP contribution is 2.14. The Hall–Kier alpha value is -0.860. The van der Waals surface area contributed by atoms with Crippen molar-refractivity contribution in [3.8, 4) is 0 Å². The lowest BCUT2D eigenvalue weighted by molar-refractivity contribution is -0.139. The average Bonchev–Trinajstić information content (AvgIpc) is 2.54. The van der Waals surface area contributed by atoms with Crippen LogP contribution in [0.5, 0.6) is 0 Å². The fraction of sp³-hybridized carbons (Fsp3) is 0.900. The van der Waals surface area contributed by atoms with Gasteiger partial charge in [-0.25, -0.2) is 0 Å². The van der Waals surface area contributed by atoms with E-state index in [1.165, 1.54) is 77.0 Å². The van der Waals surface area contributed by atoms with Crippen LogP contribution in [0.2, 0.25) is 0 Å². The minimum atomic E-state index is -1.04. The first-order chi connectivity index (χ1) is 11.2. The zero-order valence-corrected chi connectivity index (χ0v) is 15.2.